The van der Waals surface area contributed by atoms with E-state index in [2.05, 4.69) is 19.3 Å². The van der Waals surface area contributed by atoms with Crippen molar-refractivity contribution in [3.05, 3.63) is 0 Å². The van der Waals surface area contributed by atoms with Crippen molar-refractivity contribution in [3.63, 3.8) is 0 Å². The fraction of sp³-hybridized carbons (Fsp3) is 1.00. The summed E-state index contributed by atoms with van der Waals surface area (Å²) in [6.45, 7) is 5.12. The molecule has 5 aliphatic rings. The van der Waals surface area contributed by atoms with Crippen LogP contribution in [-0.2, 0) is 0 Å². The predicted molar refractivity (Wildman–Crippen MR) is 73.7 cm³/mol. The molecule has 0 aromatic rings. The average Bonchev–Trinajstić information content (AvgIpc) is 2.95. The first-order valence-corrected chi connectivity index (χ1v) is 7.92. The van der Waals surface area contributed by atoms with Gasteiger partial charge in [-0.15, -0.1) is 0 Å². The van der Waals surface area contributed by atoms with Gasteiger partial charge in [-0.2, -0.15) is 0 Å². The second-order valence-electron chi connectivity index (χ2n) is 8.97. The summed E-state index contributed by atoms with van der Waals surface area (Å²) in [6.07, 6.45) is 11.6. The Morgan fingerprint density at radius 2 is 1.61 bits per heavy atom. The molecule has 0 aliphatic heterocycles. The van der Waals surface area contributed by atoms with Gasteiger partial charge in [-0.1, -0.05) is 13.8 Å². The molecule has 0 saturated heterocycles. The summed E-state index contributed by atoms with van der Waals surface area (Å²) in [7, 11) is 0. The summed E-state index contributed by atoms with van der Waals surface area (Å²) in [5.41, 5.74) is 5.04. The van der Waals surface area contributed by atoms with E-state index < -0.39 is 0 Å². The highest BCUT2D eigenvalue weighted by Crippen LogP contribution is 2.71. The van der Waals surface area contributed by atoms with E-state index in [1.807, 2.05) is 0 Å². The number of nitrogens with one attached hydrogen (secondary N) is 1. The lowest BCUT2D eigenvalue weighted by Gasteiger charge is -2.67. The lowest BCUT2D eigenvalue weighted by molar-refractivity contribution is -0.160. The molecule has 3 atom stereocenters. The molecule has 2 heteroatoms. The minimum absolute atomic E-state index is 0.541. The van der Waals surface area contributed by atoms with Crippen LogP contribution in [0.5, 0.6) is 0 Å². The second-order valence-corrected chi connectivity index (χ2v) is 8.97. The van der Waals surface area contributed by atoms with Crippen molar-refractivity contribution in [1.82, 2.24) is 5.43 Å². The van der Waals surface area contributed by atoms with E-state index in [0.29, 0.717) is 22.3 Å². The normalized spacial score (nSPS) is 55.8. The van der Waals surface area contributed by atoms with Crippen molar-refractivity contribution in [2.24, 2.45) is 33.9 Å². The topological polar surface area (TPSA) is 38.0 Å². The Morgan fingerprint density at radius 1 is 1.00 bits per heavy atom. The lowest BCUT2D eigenvalue weighted by Crippen LogP contribution is -2.62. The summed E-state index contributed by atoms with van der Waals surface area (Å²) in [5, 5.41) is 0. The van der Waals surface area contributed by atoms with Gasteiger partial charge in [-0.05, 0) is 79.4 Å². The molecule has 0 aromatic heterocycles. The maximum absolute atomic E-state index is 5.97. The van der Waals surface area contributed by atoms with E-state index in [0.717, 1.165) is 11.8 Å². The molecule has 0 amide bonds. The first-order chi connectivity index (χ1) is 8.46. The molecule has 3 unspecified atom stereocenters. The molecule has 5 rings (SSSR count). The molecule has 102 valence electrons. The Hall–Kier alpha value is -0.0800. The number of rotatable bonds is 3. The van der Waals surface area contributed by atoms with Crippen molar-refractivity contribution in [1.29, 1.82) is 0 Å². The van der Waals surface area contributed by atoms with Crippen LogP contribution >= 0.6 is 0 Å². The van der Waals surface area contributed by atoms with Crippen LogP contribution in [0.15, 0.2) is 0 Å². The Morgan fingerprint density at radius 3 is 2.06 bits per heavy atom. The number of hydrogen-bond donors (Lipinski definition) is 2. The largest absolute Gasteiger partial charge is 0.271 e. The third-order valence-corrected chi connectivity index (χ3v) is 6.60. The molecule has 5 aliphatic carbocycles. The Bertz CT molecular complexity index is 355. The molecule has 4 bridgehead atoms. The highest BCUT2D eigenvalue weighted by Gasteiger charge is 2.63. The van der Waals surface area contributed by atoms with Gasteiger partial charge in [0.2, 0.25) is 0 Å². The maximum Gasteiger partial charge on any atom is 0.0295 e. The van der Waals surface area contributed by atoms with Crippen LogP contribution in [-0.4, -0.2) is 6.04 Å². The van der Waals surface area contributed by atoms with Crippen LogP contribution in [0.4, 0.5) is 0 Å². The quantitative estimate of drug-likeness (QED) is 0.594. The van der Waals surface area contributed by atoms with Crippen molar-refractivity contribution >= 4 is 0 Å². The van der Waals surface area contributed by atoms with E-state index >= 15 is 0 Å². The molecular formula is C16H28N2. The van der Waals surface area contributed by atoms with Gasteiger partial charge < -0.3 is 0 Å². The highest BCUT2D eigenvalue weighted by molar-refractivity contribution is 5.15. The van der Waals surface area contributed by atoms with Gasteiger partial charge >= 0.3 is 0 Å². The predicted octanol–water partition coefficient (Wildman–Crippen LogP) is 3.22. The van der Waals surface area contributed by atoms with Crippen LogP contribution in [0.25, 0.3) is 0 Å². The first kappa shape index (κ1) is 11.7. The zero-order valence-electron chi connectivity index (χ0n) is 12.0. The molecule has 5 fully saturated rings. The zero-order valence-corrected chi connectivity index (χ0v) is 12.0. The third-order valence-electron chi connectivity index (χ3n) is 6.60. The fourth-order valence-corrected chi connectivity index (χ4v) is 7.13. The molecule has 2 nitrogen and oxygen atoms in total. The molecule has 18 heavy (non-hydrogen) atoms. The van der Waals surface area contributed by atoms with E-state index in [-0.39, 0.29) is 0 Å². The highest BCUT2D eigenvalue weighted by atomic mass is 15.2. The maximum atomic E-state index is 5.97. The molecule has 3 N–H and O–H groups in total. The first-order valence-electron chi connectivity index (χ1n) is 7.92. The molecule has 0 heterocycles. The average molecular weight is 248 g/mol. The van der Waals surface area contributed by atoms with Gasteiger partial charge in [0.05, 0.1) is 0 Å². The smallest absolute Gasteiger partial charge is 0.0295 e. The summed E-state index contributed by atoms with van der Waals surface area (Å²) in [4.78, 5) is 0. The summed E-state index contributed by atoms with van der Waals surface area (Å²) in [5.74, 6) is 7.85. The monoisotopic (exact) mass is 248 g/mol. The van der Waals surface area contributed by atoms with E-state index in [1.165, 1.54) is 51.4 Å². The van der Waals surface area contributed by atoms with Gasteiger partial charge in [-0.3, -0.25) is 11.3 Å². The van der Waals surface area contributed by atoms with E-state index in [4.69, 9.17) is 5.84 Å². The Balaban J connectivity index is 1.72. The Kier molecular flexibility index (Phi) is 2.16. The van der Waals surface area contributed by atoms with Gasteiger partial charge in [-0.25, -0.2) is 0 Å². The van der Waals surface area contributed by atoms with Crippen molar-refractivity contribution in [3.8, 4) is 0 Å². The molecule has 5 saturated carbocycles. The number of hydrazine groups is 1. The van der Waals surface area contributed by atoms with Crippen LogP contribution in [0.1, 0.15) is 65.2 Å². The SMILES string of the molecule is CC12CC3CC(C)(C1)CC(C(NN)C1CC1)(C3)C2. The van der Waals surface area contributed by atoms with Crippen molar-refractivity contribution in [2.75, 3.05) is 0 Å². The van der Waals surface area contributed by atoms with Gasteiger partial charge in [0.1, 0.15) is 0 Å². The van der Waals surface area contributed by atoms with E-state index in [1.54, 1.807) is 0 Å². The number of nitrogens with two attached hydrogens (primary N) is 1. The lowest BCUT2D eigenvalue weighted by atomic mass is 9.39. The van der Waals surface area contributed by atoms with Crippen molar-refractivity contribution in [2.45, 2.75) is 71.3 Å². The van der Waals surface area contributed by atoms with Gasteiger partial charge in [0.25, 0.3) is 0 Å². The van der Waals surface area contributed by atoms with Crippen LogP contribution in [0.2, 0.25) is 0 Å². The number of hydrogen-bond acceptors (Lipinski definition) is 2. The zero-order chi connectivity index (χ0) is 12.6. The summed E-state index contributed by atoms with van der Waals surface area (Å²) in [6, 6.07) is 0.611. The Labute approximate surface area is 111 Å². The second kappa shape index (κ2) is 3.32. The molecule has 0 spiro atoms. The minimum Gasteiger partial charge on any atom is -0.271 e. The molecule has 0 radical (unpaired) electrons. The van der Waals surface area contributed by atoms with E-state index in [9.17, 15) is 0 Å². The summed E-state index contributed by atoms with van der Waals surface area (Å²) < 4.78 is 0. The standard InChI is InChI=1S/C16H28N2/c1-14-5-11-6-15(2,8-14)10-16(7-11,9-14)13(18-17)12-3-4-12/h11-13,18H,3-10,17H2,1-2H3. The van der Waals surface area contributed by atoms with Gasteiger partial charge in [0, 0.05) is 6.04 Å². The summed E-state index contributed by atoms with van der Waals surface area (Å²) >= 11 is 0. The fourth-order valence-electron chi connectivity index (χ4n) is 7.13. The third kappa shape index (κ3) is 1.54. The van der Waals surface area contributed by atoms with Crippen LogP contribution in [0, 0.1) is 28.1 Å². The van der Waals surface area contributed by atoms with Crippen molar-refractivity contribution < 1.29 is 0 Å². The van der Waals surface area contributed by atoms with Crippen LogP contribution in [0.3, 0.4) is 0 Å². The molecular weight excluding hydrogens is 220 g/mol. The van der Waals surface area contributed by atoms with Gasteiger partial charge in [0.15, 0.2) is 0 Å². The minimum atomic E-state index is 0.541. The van der Waals surface area contributed by atoms with Crippen LogP contribution < -0.4 is 11.3 Å². The molecule has 0 aromatic carbocycles.